The van der Waals surface area contributed by atoms with E-state index in [1.165, 1.54) is 6.07 Å². The van der Waals surface area contributed by atoms with Gasteiger partial charge in [0.15, 0.2) is 11.7 Å². The van der Waals surface area contributed by atoms with Crippen molar-refractivity contribution in [1.82, 2.24) is 5.32 Å². The Labute approximate surface area is 156 Å². The van der Waals surface area contributed by atoms with Gasteiger partial charge in [-0.1, -0.05) is 18.2 Å². The highest BCUT2D eigenvalue weighted by atomic mass is 32.1. The number of ether oxygens (including phenoxy) is 1. The molecule has 0 saturated heterocycles. The minimum absolute atomic E-state index is 0.0256. The summed E-state index contributed by atoms with van der Waals surface area (Å²) >= 11 is 5.09. The van der Waals surface area contributed by atoms with Crippen LogP contribution in [0.5, 0.6) is 5.75 Å². The molecule has 0 aliphatic carbocycles. The van der Waals surface area contributed by atoms with Gasteiger partial charge in [0.05, 0.1) is 16.2 Å². The third-order valence-electron chi connectivity index (χ3n) is 3.71. The zero-order chi connectivity index (χ0) is 19.3. The predicted octanol–water partition coefficient (Wildman–Crippen LogP) is 3.41. The smallest absolute Gasteiger partial charge is 0.274 e. The molecular weight excluding hydrogens is 354 g/mol. The molecule has 0 heterocycles. The van der Waals surface area contributed by atoms with Crippen LogP contribution in [0.1, 0.15) is 16.7 Å². The van der Waals surface area contributed by atoms with E-state index in [1.54, 1.807) is 19.1 Å². The first-order valence-electron chi connectivity index (χ1n) is 7.83. The monoisotopic (exact) mass is 373 g/mol. The lowest BCUT2D eigenvalue weighted by molar-refractivity contribution is -0.385. The van der Waals surface area contributed by atoms with Crippen molar-refractivity contribution < 1.29 is 14.5 Å². The van der Waals surface area contributed by atoms with Gasteiger partial charge in [-0.3, -0.25) is 20.2 Å². The molecule has 2 rings (SSSR count). The Balaban J connectivity index is 1.93. The summed E-state index contributed by atoms with van der Waals surface area (Å²) in [6, 6.07) is 10.3. The predicted molar refractivity (Wildman–Crippen MR) is 104 cm³/mol. The quantitative estimate of drug-likeness (QED) is 0.474. The van der Waals surface area contributed by atoms with Crippen LogP contribution < -0.4 is 15.4 Å². The number of nitrogens with zero attached hydrogens (tertiary/aromatic N) is 1. The van der Waals surface area contributed by atoms with Crippen molar-refractivity contribution in [2.45, 2.75) is 20.8 Å². The Kier molecular flexibility index (Phi) is 6.24. The molecule has 7 nitrogen and oxygen atoms in total. The summed E-state index contributed by atoms with van der Waals surface area (Å²) in [4.78, 5) is 22.5. The first-order valence-corrected chi connectivity index (χ1v) is 8.23. The maximum Gasteiger partial charge on any atom is 0.274 e. The molecule has 2 aromatic rings. The number of thiocarbonyl (C=S) groups is 1. The highest BCUT2D eigenvalue weighted by molar-refractivity contribution is 7.80. The number of aryl methyl sites for hydroxylation is 2. The van der Waals surface area contributed by atoms with Crippen LogP contribution in [0.15, 0.2) is 36.4 Å². The molecular formula is C18H19N3O4S. The van der Waals surface area contributed by atoms with Gasteiger partial charge >= 0.3 is 0 Å². The van der Waals surface area contributed by atoms with Crippen molar-refractivity contribution in [1.29, 1.82) is 0 Å². The Hall–Kier alpha value is -3.00. The molecule has 8 heteroatoms. The van der Waals surface area contributed by atoms with Crippen LogP contribution >= 0.6 is 12.2 Å². The highest BCUT2D eigenvalue weighted by Gasteiger charge is 2.14. The number of carbonyl (C=O) groups is 1. The fourth-order valence-electron chi connectivity index (χ4n) is 2.28. The van der Waals surface area contributed by atoms with Gasteiger partial charge in [0, 0.05) is 6.07 Å². The summed E-state index contributed by atoms with van der Waals surface area (Å²) in [5.41, 5.74) is 2.82. The van der Waals surface area contributed by atoms with Crippen LogP contribution in [-0.4, -0.2) is 22.5 Å². The molecule has 2 N–H and O–H groups in total. The minimum atomic E-state index is -0.472. The largest absolute Gasteiger partial charge is 0.483 e. The van der Waals surface area contributed by atoms with E-state index in [0.717, 1.165) is 11.1 Å². The van der Waals surface area contributed by atoms with Crippen molar-refractivity contribution in [2.75, 3.05) is 11.9 Å². The van der Waals surface area contributed by atoms with Crippen molar-refractivity contribution >= 4 is 34.6 Å². The van der Waals surface area contributed by atoms with E-state index in [2.05, 4.69) is 10.6 Å². The Morgan fingerprint density at radius 3 is 2.65 bits per heavy atom. The molecule has 0 spiro atoms. The number of nitro groups is 1. The van der Waals surface area contributed by atoms with E-state index in [1.807, 2.05) is 32.0 Å². The molecule has 0 bridgehead atoms. The highest BCUT2D eigenvalue weighted by Crippen LogP contribution is 2.25. The lowest BCUT2D eigenvalue weighted by atomic mass is 10.1. The van der Waals surface area contributed by atoms with Gasteiger partial charge in [0.2, 0.25) is 0 Å². The number of nitrogens with one attached hydrogen (secondary N) is 2. The first-order chi connectivity index (χ1) is 12.3. The molecule has 2 aromatic carbocycles. The second-order valence-electron chi connectivity index (χ2n) is 5.77. The van der Waals surface area contributed by atoms with Crippen LogP contribution in [0.3, 0.4) is 0 Å². The minimum Gasteiger partial charge on any atom is -0.483 e. The van der Waals surface area contributed by atoms with Gasteiger partial charge in [0.1, 0.15) is 5.75 Å². The molecule has 0 aliphatic heterocycles. The number of hydrogen-bond acceptors (Lipinski definition) is 5. The fraction of sp³-hybridized carbons (Fsp3) is 0.222. The molecule has 1 amide bonds. The second kappa shape index (κ2) is 8.39. The average Bonchev–Trinajstić information content (AvgIpc) is 2.57. The molecule has 0 aromatic heterocycles. The topological polar surface area (TPSA) is 93.5 Å². The standard InChI is InChI=1S/C18H19N3O4S/c1-11-7-8-12(2)16(9-11)25-10-17(22)20-18(26)19-14-5-4-6-15(13(14)3)21(23)24/h4-9H,10H2,1-3H3,(H2,19,20,22,26). The summed E-state index contributed by atoms with van der Waals surface area (Å²) in [5.74, 6) is 0.208. The Bertz CT molecular complexity index is 868. The Morgan fingerprint density at radius 2 is 1.96 bits per heavy atom. The molecule has 0 fully saturated rings. The fourth-order valence-corrected chi connectivity index (χ4v) is 2.50. The normalized spacial score (nSPS) is 10.1. The zero-order valence-corrected chi connectivity index (χ0v) is 15.5. The molecule has 136 valence electrons. The van der Waals surface area contributed by atoms with Gasteiger partial charge in [-0.15, -0.1) is 0 Å². The maximum atomic E-state index is 12.0. The average molecular weight is 373 g/mol. The van der Waals surface area contributed by atoms with E-state index >= 15 is 0 Å². The van der Waals surface area contributed by atoms with E-state index in [9.17, 15) is 14.9 Å². The molecule has 0 unspecified atom stereocenters. The van der Waals surface area contributed by atoms with E-state index in [-0.39, 0.29) is 17.4 Å². The molecule has 0 saturated carbocycles. The van der Waals surface area contributed by atoms with Crippen LogP contribution in [-0.2, 0) is 4.79 Å². The molecule has 0 radical (unpaired) electrons. The van der Waals surface area contributed by atoms with Gasteiger partial charge < -0.3 is 10.1 Å². The van der Waals surface area contributed by atoms with E-state index < -0.39 is 10.8 Å². The maximum absolute atomic E-state index is 12.0. The number of carbonyl (C=O) groups excluding carboxylic acids is 1. The van der Waals surface area contributed by atoms with Crippen molar-refractivity contribution in [3.63, 3.8) is 0 Å². The summed E-state index contributed by atoms with van der Waals surface area (Å²) in [6.45, 7) is 5.24. The third kappa shape index (κ3) is 5.00. The van der Waals surface area contributed by atoms with Crippen molar-refractivity contribution in [2.24, 2.45) is 0 Å². The van der Waals surface area contributed by atoms with Gasteiger partial charge in [-0.2, -0.15) is 0 Å². The van der Waals surface area contributed by atoms with Crippen LogP contribution in [0.25, 0.3) is 0 Å². The van der Waals surface area contributed by atoms with Crippen molar-refractivity contribution in [3.05, 3.63) is 63.2 Å². The third-order valence-corrected chi connectivity index (χ3v) is 3.91. The molecule has 26 heavy (non-hydrogen) atoms. The van der Waals surface area contributed by atoms with Gasteiger partial charge in [0.25, 0.3) is 11.6 Å². The molecule has 0 atom stereocenters. The number of rotatable bonds is 5. The van der Waals surface area contributed by atoms with Crippen LogP contribution in [0.4, 0.5) is 11.4 Å². The van der Waals surface area contributed by atoms with E-state index in [4.69, 9.17) is 17.0 Å². The van der Waals surface area contributed by atoms with Gasteiger partial charge in [-0.05, 0) is 56.2 Å². The van der Waals surface area contributed by atoms with Gasteiger partial charge in [-0.25, -0.2) is 0 Å². The second-order valence-corrected chi connectivity index (χ2v) is 6.17. The SMILES string of the molecule is Cc1ccc(C)c(OCC(=O)NC(=S)Nc2cccc([N+](=O)[O-])c2C)c1. The summed E-state index contributed by atoms with van der Waals surface area (Å²) in [5, 5.41) is 16.3. The number of nitro benzene ring substituents is 1. The van der Waals surface area contributed by atoms with Crippen molar-refractivity contribution in [3.8, 4) is 5.75 Å². The zero-order valence-electron chi connectivity index (χ0n) is 14.7. The van der Waals surface area contributed by atoms with E-state index in [0.29, 0.717) is 17.0 Å². The van der Waals surface area contributed by atoms with Crippen LogP contribution in [0, 0.1) is 30.9 Å². The number of amides is 1. The summed E-state index contributed by atoms with van der Waals surface area (Å²) in [7, 11) is 0. The number of hydrogen-bond donors (Lipinski definition) is 2. The summed E-state index contributed by atoms with van der Waals surface area (Å²) < 4.78 is 5.52. The van der Waals surface area contributed by atoms with Crippen LogP contribution in [0.2, 0.25) is 0 Å². The first kappa shape index (κ1) is 19.3. The molecule has 0 aliphatic rings. The summed E-state index contributed by atoms with van der Waals surface area (Å²) in [6.07, 6.45) is 0. The number of anilines is 1. The lowest BCUT2D eigenvalue weighted by Crippen LogP contribution is -2.37. The lowest BCUT2D eigenvalue weighted by Gasteiger charge is -2.13. The Morgan fingerprint density at radius 1 is 1.23 bits per heavy atom. The number of benzene rings is 2.